The number of nitrogens with one attached hydrogen (secondary N) is 4. The maximum atomic E-state index is 12.6. The Kier molecular flexibility index (Phi) is 5.85. The van der Waals surface area contributed by atoms with Gasteiger partial charge in [0.2, 0.25) is 0 Å². The molecule has 0 aliphatic carbocycles. The highest BCUT2D eigenvalue weighted by atomic mass is 79.9. The van der Waals surface area contributed by atoms with Gasteiger partial charge in [-0.1, -0.05) is 12.1 Å². The predicted molar refractivity (Wildman–Crippen MR) is 107 cm³/mol. The van der Waals surface area contributed by atoms with E-state index in [1.54, 1.807) is 49.5 Å². The standard InChI is InChI=1S/C19H16BrN5O3/c1-11-3-2-4-14(16(11)23-17(26)12-5-7-21-8-6-12)18(27)24-25-19(28)15-9-13(20)10-22-15/h2-10,22H,1H3,(H,23,26)(H,24,27)(H,25,28). The Labute approximate surface area is 168 Å². The molecule has 0 radical (unpaired) electrons. The van der Waals surface area contributed by atoms with Crippen LogP contribution in [-0.2, 0) is 0 Å². The molecule has 0 atom stereocenters. The van der Waals surface area contributed by atoms with Crippen molar-refractivity contribution < 1.29 is 14.4 Å². The largest absolute Gasteiger partial charge is 0.356 e. The van der Waals surface area contributed by atoms with Crippen molar-refractivity contribution in [3.05, 3.63) is 81.8 Å². The van der Waals surface area contributed by atoms with Crippen LogP contribution in [0.4, 0.5) is 5.69 Å². The van der Waals surface area contributed by atoms with Crippen LogP contribution in [0.25, 0.3) is 0 Å². The summed E-state index contributed by atoms with van der Waals surface area (Å²) in [4.78, 5) is 43.7. The lowest BCUT2D eigenvalue weighted by molar-refractivity contribution is 0.0844. The molecule has 0 aliphatic rings. The number of para-hydroxylation sites is 1. The maximum Gasteiger partial charge on any atom is 0.286 e. The first-order chi connectivity index (χ1) is 13.5. The minimum atomic E-state index is -0.562. The zero-order valence-electron chi connectivity index (χ0n) is 14.7. The number of anilines is 1. The molecule has 28 heavy (non-hydrogen) atoms. The summed E-state index contributed by atoms with van der Waals surface area (Å²) < 4.78 is 0.712. The van der Waals surface area contributed by atoms with E-state index >= 15 is 0 Å². The summed E-state index contributed by atoms with van der Waals surface area (Å²) in [5, 5.41) is 2.75. The molecule has 0 fully saturated rings. The Balaban J connectivity index is 1.74. The second-order valence-electron chi connectivity index (χ2n) is 5.83. The first kappa shape index (κ1) is 19.3. The highest BCUT2D eigenvalue weighted by Gasteiger charge is 2.17. The first-order valence-electron chi connectivity index (χ1n) is 8.21. The van der Waals surface area contributed by atoms with Gasteiger partial charge in [0.25, 0.3) is 17.7 Å². The van der Waals surface area contributed by atoms with E-state index in [1.807, 2.05) is 0 Å². The van der Waals surface area contributed by atoms with Gasteiger partial charge in [-0.25, -0.2) is 0 Å². The number of carbonyl (C=O) groups is 3. The lowest BCUT2D eigenvalue weighted by Gasteiger charge is -2.14. The van der Waals surface area contributed by atoms with E-state index in [0.717, 1.165) is 0 Å². The van der Waals surface area contributed by atoms with E-state index in [-0.39, 0.29) is 17.2 Å². The smallest absolute Gasteiger partial charge is 0.286 e. The zero-order chi connectivity index (χ0) is 20.1. The van der Waals surface area contributed by atoms with Gasteiger partial charge in [-0.3, -0.25) is 30.2 Å². The number of aromatic amines is 1. The highest BCUT2D eigenvalue weighted by Crippen LogP contribution is 2.21. The van der Waals surface area contributed by atoms with E-state index in [9.17, 15) is 14.4 Å². The van der Waals surface area contributed by atoms with Gasteiger partial charge < -0.3 is 10.3 Å². The summed E-state index contributed by atoms with van der Waals surface area (Å²) in [7, 11) is 0. The number of H-pyrrole nitrogens is 1. The minimum Gasteiger partial charge on any atom is -0.356 e. The summed E-state index contributed by atoms with van der Waals surface area (Å²) in [5.74, 6) is -1.44. The molecule has 0 spiro atoms. The molecule has 0 saturated heterocycles. The quantitative estimate of drug-likeness (QED) is 0.465. The van der Waals surface area contributed by atoms with Gasteiger partial charge in [0.05, 0.1) is 11.3 Å². The number of halogens is 1. The van der Waals surface area contributed by atoms with Crippen LogP contribution < -0.4 is 16.2 Å². The summed E-state index contributed by atoms with van der Waals surface area (Å²) >= 11 is 3.23. The van der Waals surface area contributed by atoms with E-state index in [0.29, 0.717) is 21.3 Å². The molecule has 9 heteroatoms. The average molecular weight is 442 g/mol. The van der Waals surface area contributed by atoms with Gasteiger partial charge >= 0.3 is 0 Å². The third kappa shape index (κ3) is 4.44. The van der Waals surface area contributed by atoms with Gasteiger partial charge in [0.15, 0.2) is 0 Å². The van der Waals surface area contributed by atoms with Crippen molar-refractivity contribution in [3.8, 4) is 0 Å². The van der Waals surface area contributed by atoms with Gasteiger partial charge in [0.1, 0.15) is 5.69 Å². The second-order valence-corrected chi connectivity index (χ2v) is 6.74. The summed E-state index contributed by atoms with van der Waals surface area (Å²) in [6.45, 7) is 1.77. The fraction of sp³-hybridized carbons (Fsp3) is 0.0526. The number of rotatable bonds is 4. The molecule has 3 aromatic rings. The Bertz CT molecular complexity index is 1030. The first-order valence-corrected chi connectivity index (χ1v) is 9.00. The number of carbonyl (C=O) groups excluding carboxylic acids is 3. The van der Waals surface area contributed by atoms with Crippen LogP contribution in [0, 0.1) is 6.92 Å². The van der Waals surface area contributed by atoms with Gasteiger partial charge in [-0.15, -0.1) is 0 Å². The molecule has 3 rings (SSSR count). The molecule has 4 N–H and O–H groups in total. The van der Waals surface area contributed by atoms with Crippen LogP contribution in [0.2, 0.25) is 0 Å². The molecule has 0 unspecified atom stereocenters. The molecule has 2 heterocycles. The fourth-order valence-electron chi connectivity index (χ4n) is 2.46. The number of hydrogen-bond acceptors (Lipinski definition) is 4. The van der Waals surface area contributed by atoms with Crippen LogP contribution >= 0.6 is 15.9 Å². The van der Waals surface area contributed by atoms with E-state index in [1.165, 1.54) is 12.4 Å². The number of amides is 3. The lowest BCUT2D eigenvalue weighted by atomic mass is 10.1. The molecular weight excluding hydrogens is 426 g/mol. The monoisotopic (exact) mass is 441 g/mol. The molecule has 0 aliphatic heterocycles. The van der Waals surface area contributed by atoms with Crippen LogP contribution in [0.1, 0.15) is 36.8 Å². The van der Waals surface area contributed by atoms with Crippen LogP contribution in [-0.4, -0.2) is 27.7 Å². The third-order valence-electron chi connectivity index (χ3n) is 3.88. The number of hydrazine groups is 1. The van der Waals surface area contributed by atoms with E-state index in [4.69, 9.17) is 0 Å². The summed E-state index contributed by atoms with van der Waals surface area (Å²) in [5.41, 5.74) is 6.66. The number of aromatic nitrogens is 2. The maximum absolute atomic E-state index is 12.6. The predicted octanol–water partition coefficient (Wildman–Crippen LogP) is 2.81. The minimum absolute atomic E-state index is 0.218. The third-order valence-corrected chi connectivity index (χ3v) is 4.34. The number of benzene rings is 1. The van der Waals surface area contributed by atoms with Crippen molar-refractivity contribution in [1.82, 2.24) is 20.8 Å². The van der Waals surface area contributed by atoms with E-state index < -0.39 is 11.8 Å². The van der Waals surface area contributed by atoms with Crippen LogP contribution in [0.5, 0.6) is 0 Å². The van der Waals surface area contributed by atoms with Crippen molar-refractivity contribution in [3.63, 3.8) is 0 Å². The van der Waals surface area contributed by atoms with Crippen LogP contribution in [0.15, 0.2) is 59.5 Å². The Morgan fingerprint density at radius 1 is 1.00 bits per heavy atom. The summed E-state index contributed by atoms with van der Waals surface area (Å²) in [6, 6.07) is 9.74. The Morgan fingerprint density at radius 2 is 1.71 bits per heavy atom. The van der Waals surface area contributed by atoms with Crippen molar-refractivity contribution in [1.29, 1.82) is 0 Å². The summed E-state index contributed by atoms with van der Waals surface area (Å²) in [6.07, 6.45) is 4.62. The molecule has 142 valence electrons. The molecule has 0 bridgehead atoms. The number of nitrogens with zero attached hydrogens (tertiary/aromatic N) is 1. The molecular formula is C19H16BrN5O3. The lowest BCUT2D eigenvalue weighted by Crippen LogP contribution is -2.42. The average Bonchev–Trinajstić information content (AvgIpc) is 3.14. The van der Waals surface area contributed by atoms with Crippen molar-refractivity contribution in [2.24, 2.45) is 0 Å². The van der Waals surface area contributed by atoms with Crippen molar-refractivity contribution >= 4 is 39.3 Å². The van der Waals surface area contributed by atoms with Crippen molar-refractivity contribution in [2.45, 2.75) is 6.92 Å². The molecule has 1 aromatic carbocycles. The van der Waals surface area contributed by atoms with Crippen molar-refractivity contribution in [2.75, 3.05) is 5.32 Å². The number of aryl methyl sites for hydroxylation is 1. The van der Waals surface area contributed by atoms with E-state index in [2.05, 4.69) is 42.1 Å². The van der Waals surface area contributed by atoms with Crippen LogP contribution in [0.3, 0.4) is 0 Å². The Hall–Kier alpha value is -3.46. The zero-order valence-corrected chi connectivity index (χ0v) is 16.3. The highest BCUT2D eigenvalue weighted by molar-refractivity contribution is 9.10. The number of pyridine rings is 1. The normalized spacial score (nSPS) is 10.2. The van der Waals surface area contributed by atoms with Gasteiger partial charge in [-0.05, 0) is 52.7 Å². The molecule has 0 saturated carbocycles. The fourth-order valence-corrected chi connectivity index (χ4v) is 2.80. The molecule has 8 nitrogen and oxygen atoms in total. The Morgan fingerprint density at radius 3 is 2.39 bits per heavy atom. The SMILES string of the molecule is Cc1cccc(C(=O)NNC(=O)c2cc(Br)c[nH]2)c1NC(=O)c1ccncc1. The molecule has 3 amide bonds. The molecule has 2 aromatic heterocycles. The van der Waals surface area contributed by atoms with Gasteiger partial charge in [-0.2, -0.15) is 0 Å². The second kappa shape index (κ2) is 8.49. The number of hydrogen-bond donors (Lipinski definition) is 4. The topological polar surface area (TPSA) is 116 Å². The van der Waals surface area contributed by atoms with Gasteiger partial charge in [0, 0.05) is 28.6 Å².